The molecule has 0 aliphatic heterocycles. The number of thiazole rings is 1. The Labute approximate surface area is 130 Å². The normalized spacial score (nSPS) is 10.9. The van der Waals surface area contributed by atoms with Crippen molar-refractivity contribution < 1.29 is 4.79 Å². The van der Waals surface area contributed by atoms with E-state index in [1.807, 2.05) is 36.6 Å². The topological polar surface area (TPSA) is 70.7 Å². The van der Waals surface area contributed by atoms with E-state index in [9.17, 15) is 4.79 Å². The molecule has 2 N–H and O–H groups in total. The van der Waals surface area contributed by atoms with E-state index in [0.717, 1.165) is 27.5 Å². The number of carbonyl (C=O) groups is 1. The van der Waals surface area contributed by atoms with E-state index >= 15 is 0 Å². The average molecular weight is 318 g/mol. The molecule has 0 saturated heterocycles. The Bertz CT molecular complexity index is 732. The van der Waals surface area contributed by atoms with Crippen LogP contribution >= 0.6 is 23.1 Å². The van der Waals surface area contributed by atoms with Crippen molar-refractivity contribution in [2.45, 2.75) is 12.7 Å². The summed E-state index contributed by atoms with van der Waals surface area (Å²) >= 11 is 3.17. The number of imidazole rings is 1. The molecular weight excluding hydrogens is 304 g/mol. The van der Waals surface area contributed by atoms with Crippen LogP contribution in [0.5, 0.6) is 0 Å². The second-order valence-corrected chi connectivity index (χ2v) is 6.55. The maximum absolute atomic E-state index is 11.9. The van der Waals surface area contributed by atoms with Crippen molar-refractivity contribution in [1.82, 2.24) is 15.0 Å². The fourth-order valence-corrected chi connectivity index (χ4v) is 3.34. The van der Waals surface area contributed by atoms with E-state index in [2.05, 4.69) is 20.3 Å². The average Bonchev–Trinajstić information content (AvgIpc) is 3.04. The van der Waals surface area contributed by atoms with Gasteiger partial charge >= 0.3 is 0 Å². The summed E-state index contributed by atoms with van der Waals surface area (Å²) in [6, 6.07) is 7.68. The molecule has 0 saturated carbocycles. The summed E-state index contributed by atoms with van der Waals surface area (Å²) in [7, 11) is 0. The van der Waals surface area contributed by atoms with Gasteiger partial charge in [-0.2, -0.15) is 0 Å². The zero-order chi connectivity index (χ0) is 14.7. The Morgan fingerprint density at radius 2 is 2.24 bits per heavy atom. The van der Waals surface area contributed by atoms with E-state index in [-0.39, 0.29) is 5.91 Å². The molecule has 0 spiro atoms. The van der Waals surface area contributed by atoms with Crippen LogP contribution < -0.4 is 5.32 Å². The van der Waals surface area contributed by atoms with Crippen LogP contribution in [0.4, 0.5) is 5.95 Å². The number of H-pyrrole nitrogens is 1. The summed E-state index contributed by atoms with van der Waals surface area (Å²) in [5.74, 6) is 1.56. The van der Waals surface area contributed by atoms with Crippen LogP contribution in [-0.4, -0.2) is 26.6 Å². The maximum atomic E-state index is 11.9. The van der Waals surface area contributed by atoms with E-state index in [1.165, 1.54) is 0 Å². The van der Waals surface area contributed by atoms with Crippen molar-refractivity contribution in [2.75, 3.05) is 11.1 Å². The Morgan fingerprint density at radius 1 is 1.38 bits per heavy atom. The summed E-state index contributed by atoms with van der Waals surface area (Å²) in [5, 5.41) is 5.86. The predicted molar refractivity (Wildman–Crippen MR) is 87.7 cm³/mol. The first-order chi connectivity index (χ1) is 10.2. The smallest absolute Gasteiger partial charge is 0.236 e. The van der Waals surface area contributed by atoms with Gasteiger partial charge in [0.2, 0.25) is 11.9 Å². The number of hydrogen-bond donors (Lipinski definition) is 2. The molecule has 1 amide bonds. The molecule has 21 heavy (non-hydrogen) atoms. The van der Waals surface area contributed by atoms with Crippen molar-refractivity contribution in [3.63, 3.8) is 0 Å². The zero-order valence-electron chi connectivity index (χ0n) is 11.4. The third kappa shape index (κ3) is 3.62. The van der Waals surface area contributed by atoms with Crippen LogP contribution in [-0.2, 0) is 10.5 Å². The second-order valence-electron chi connectivity index (χ2n) is 4.50. The minimum absolute atomic E-state index is 0.0639. The van der Waals surface area contributed by atoms with Gasteiger partial charge in [-0.25, -0.2) is 9.97 Å². The molecule has 0 aliphatic rings. The van der Waals surface area contributed by atoms with E-state index < -0.39 is 0 Å². The Balaban J connectivity index is 1.51. The SMILES string of the molecule is Cc1nc(CSCC(=O)Nc2nc3ccccc3[nH]2)cs1. The molecule has 2 heterocycles. The molecule has 5 nitrogen and oxygen atoms in total. The maximum Gasteiger partial charge on any atom is 0.236 e. The molecule has 3 rings (SSSR count). The molecular formula is C14H14N4OS2. The lowest BCUT2D eigenvalue weighted by atomic mass is 10.3. The zero-order valence-corrected chi connectivity index (χ0v) is 13.1. The number of aromatic amines is 1. The lowest BCUT2D eigenvalue weighted by Crippen LogP contribution is -2.15. The van der Waals surface area contributed by atoms with Crippen LogP contribution in [0.25, 0.3) is 11.0 Å². The number of aromatic nitrogens is 3. The quantitative estimate of drug-likeness (QED) is 0.758. The highest BCUT2D eigenvalue weighted by molar-refractivity contribution is 7.99. The number of anilines is 1. The molecule has 0 fully saturated rings. The van der Waals surface area contributed by atoms with Gasteiger partial charge in [0.05, 0.1) is 27.5 Å². The number of amides is 1. The third-order valence-electron chi connectivity index (χ3n) is 2.80. The number of aryl methyl sites for hydroxylation is 1. The number of hydrogen-bond acceptors (Lipinski definition) is 5. The number of rotatable bonds is 5. The fourth-order valence-electron chi connectivity index (χ4n) is 1.90. The Morgan fingerprint density at radius 3 is 3.00 bits per heavy atom. The molecule has 7 heteroatoms. The molecule has 0 unspecified atom stereocenters. The van der Waals surface area contributed by atoms with Gasteiger partial charge in [-0.3, -0.25) is 10.1 Å². The Hall–Kier alpha value is -1.86. The molecule has 1 aromatic carbocycles. The summed E-state index contributed by atoms with van der Waals surface area (Å²) in [6.45, 7) is 1.98. The van der Waals surface area contributed by atoms with E-state index in [0.29, 0.717) is 11.7 Å². The highest BCUT2D eigenvalue weighted by Crippen LogP contribution is 2.16. The lowest BCUT2D eigenvalue weighted by molar-refractivity contribution is -0.113. The van der Waals surface area contributed by atoms with Gasteiger partial charge in [-0.05, 0) is 19.1 Å². The van der Waals surface area contributed by atoms with Gasteiger partial charge in [0.25, 0.3) is 0 Å². The van der Waals surface area contributed by atoms with Crippen LogP contribution in [0.15, 0.2) is 29.6 Å². The number of thioether (sulfide) groups is 1. The first kappa shape index (κ1) is 14.1. The van der Waals surface area contributed by atoms with Gasteiger partial charge in [0.1, 0.15) is 0 Å². The largest absolute Gasteiger partial charge is 0.324 e. The number of nitrogens with zero attached hydrogens (tertiary/aromatic N) is 2. The van der Waals surface area contributed by atoms with Crippen LogP contribution in [0.1, 0.15) is 10.7 Å². The second kappa shape index (κ2) is 6.28. The molecule has 108 valence electrons. The van der Waals surface area contributed by atoms with Crippen LogP contribution in [0.2, 0.25) is 0 Å². The lowest BCUT2D eigenvalue weighted by Gasteiger charge is -2.00. The van der Waals surface area contributed by atoms with Crippen molar-refractivity contribution in [3.05, 3.63) is 40.3 Å². The minimum atomic E-state index is -0.0639. The monoisotopic (exact) mass is 318 g/mol. The highest BCUT2D eigenvalue weighted by atomic mass is 32.2. The number of para-hydroxylation sites is 2. The van der Waals surface area contributed by atoms with Crippen molar-refractivity contribution >= 4 is 46.0 Å². The highest BCUT2D eigenvalue weighted by Gasteiger charge is 2.07. The van der Waals surface area contributed by atoms with Crippen LogP contribution in [0, 0.1) is 6.92 Å². The van der Waals surface area contributed by atoms with Gasteiger partial charge in [0, 0.05) is 11.1 Å². The predicted octanol–water partition coefficient (Wildman–Crippen LogP) is 3.20. The van der Waals surface area contributed by atoms with Crippen LogP contribution in [0.3, 0.4) is 0 Å². The van der Waals surface area contributed by atoms with Crippen molar-refractivity contribution in [1.29, 1.82) is 0 Å². The molecule has 2 aromatic heterocycles. The molecule has 0 bridgehead atoms. The first-order valence-electron chi connectivity index (χ1n) is 6.44. The summed E-state index contributed by atoms with van der Waals surface area (Å²) in [5.41, 5.74) is 2.79. The molecule has 0 radical (unpaired) electrons. The fraction of sp³-hybridized carbons (Fsp3) is 0.214. The summed E-state index contributed by atoms with van der Waals surface area (Å²) < 4.78 is 0. The number of benzene rings is 1. The summed E-state index contributed by atoms with van der Waals surface area (Å²) in [4.78, 5) is 23.6. The minimum Gasteiger partial charge on any atom is -0.324 e. The Kier molecular flexibility index (Phi) is 4.21. The number of fused-ring (bicyclic) bond motifs is 1. The number of carbonyl (C=O) groups excluding carboxylic acids is 1. The standard InChI is InChI=1S/C14H14N4OS2/c1-9-15-10(7-21-9)6-20-8-13(19)18-14-16-11-4-2-3-5-12(11)17-14/h2-5,7H,6,8H2,1H3,(H2,16,17,18,19). The van der Waals surface area contributed by atoms with Crippen molar-refractivity contribution in [2.24, 2.45) is 0 Å². The van der Waals surface area contributed by atoms with Gasteiger partial charge in [0.15, 0.2) is 0 Å². The van der Waals surface area contributed by atoms with E-state index in [1.54, 1.807) is 23.1 Å². The number of nitrogens with one attached hydrogen (secondary N) is 2. The molecule has 3 aromatic rings. The molecule has 0 atom stereocenters. The van der Waals surface area contributed by atoms with Gasteiger partial charge < -0.3 is 4.98 Å². The third-order valence-corrected chi connectivity index (χ3v) is 4.59. The summed E-state index contributed by atoms with van der Waals surface area (Å²) in [6.07, 6.45) is 0. The first-order valence-corrected chi connectivity index (χ1v) is 8.47. The van der Waals surface area contributed by atoms with E-state index in [4.69, 9.17) is 0 Å². The van der Waals surface area contributed by atoms with Gasteiger partial charge in [-0.1, -0.05) is 12.1 Å². The van der Waals surface area contributed by atoms with Crippen molar-refractivity contribution in [3.8, 4) is 0 Å². The molecule has 0 aliphatic carbocycles. The van der Waals surface area contributed by atoms with Gasteiger partial charge in [-0.15, -0.1) is 23.1 Å².